The number of halogens is 1. The quantitative estimate of drug-likeness (QED) is 0.853. The van der Waals surface area contributed by atoms with E-state index in [0.29, 0.717) is 11.7 Å². The second kappa shape index (κ2) is 3.44. The predicted octanol–water partition coefficient (Wildman–Crippen LogP) is 1.63. The molecule has 0 atom stereocenters. The number of aromatic nitrogens is 4. The van der Waals surface area contributed by atoms with Crippen LogP contribution in [0.2, 0.25) is 0 Å². The fraction of sp³-hybridized carbons (Fsp3) is 0.286. The number of hydrogen-bond donors (Lipinski definition) is 1. The van der Waals surface area contributed by atoms with E-state index in [-0.39, 0.29) is 0 Å². The first-order valence-corrected chi connectivity index (χ1v) is 4.91. The maximum absolute atomic E-state index is 5.04. The van der Waals surface area contributed by atoms with Crippen molar-refractivity contribution in [2.75, 3.05) is 0 Å². The van der Waals surface area contributed by atoms with Crippen molar-refractivity contribution >= 4 is 22.6 Å². The van der Waals surface area contributed by atoms with E-state index in [2.05, 4.69) is 42.9 Å². The fourth-order valence-corrected chi connectivity index (χ4v) is 1.41. The van der Waals surface area contributed by atoms with Crippen molar-refractivity contribution in [3.05, 3.63) is 15.6 Å². The monoisotopic (exact) mass is 290 g/mol. The summed E-state index contributed by atoms with van der Waals surface area (Å²) < 4.78 is 6.02. The van der Waals surface area contributed by atoms with Crippen LogP contribution in [0.15, 0.2) is 10.7 Å². The molecule has 13 heavy (non-hydrogen) atoms. The maximum atomic E-state index is 5.04. The van der Waals surface area contributed by atoms with Gasteiger partial charge in [0, 0.05) is 6.42 Å². The highest BCUT2D eigenvalue weighted by atomic mass is 127. The Morgan fingerprint density at radius 3 is 3.00 bits per heavy atom. The Labute approximate surface area is 88.1 Å². The number of rotatable bonds is 2. The smallest absolute Gasteiger partial charge is 0.277 e. The summed E-state index contributed by atoms with van der Waals surface area (Å²) >= 11 is 2.16. The molecule has 2 aromatic rings. The van der Waals surface area contributed by atoms with Crippen LogP contribution in [-0.4, -0.2) is 20.3 Å². The van der Waals surface area contributed by atoms with Gasteiger partial charge in [0.2, 0.25) is 0 Å². The molecule has 6 heteroatoms. The molecular formula is C7H7IN4O. The Balaban J connectivity index is 2.41. The molecule has 2 aromatic heterocycles. The third-order valence-electron chi connectivity index (χ3n) is 1.59. The van der Waals surface area contributed by atoms with Gasteiger partial charge in [-0.25, -0.2) is 0 Å². The average molecular weight is 290 g/mol. The molecule has 0 amide bonds. The van der Waals surface area contributed by atoms with Crippen LogP contribution in [0.5, 0.6) is 0 Å². The molecular weight excluding hydrogens is 283 g/mol. The van der Waals surface area contributed by atoms with Gasteiger partial charge in [0.05, 0.1) is 9.77 Å². The van der Waals surface area contributed by atoms with Crippen LogP contribution in [0.25, 0.3) is 11.6 Å². The van der Waals surface area contributed by atoms with E-state index in [1.54, 1.807) is 6.20 Å². The van der Waals surface area contributed by atoms with Gasteiger partial charge in [-0.15, -0.1) is 0 Å². The molecule has 2 heterocycles. The van der Waals surface area contributed by atoms with Crippen molar-refractivity contribution in [3.8, 4) is 11.6 Å². The van der Waals surface area contributed by atoms with E-state index in [1.807, 2.05) is 6.92 Å². The van der Waals surface area contributed by atoms with Crippen LogP contribution in [-0.2, 0) is 6.42 Å². The van der Waals surface area contributed by atoms with Crippen LogP contribution in [0.1, 0.15) is 12.7 Å². The molecule has 0 unspecified atom stereocenters. The molecule has 0 aliphatic carbocycles. The molecule has 1 N–H and O–H groups in total. The molecule has 68 valence electrons. The first kappa shape index (κ1) is 8.67. The average Bonchev–Trinajstić information content (AvgIpc) is 2.71. The number of hydrogen-bond acceptors (Lipinski definition) is 4. The largest absolute Gasteiger partial charge is 0.332 e. The zero-order valence-corrected chi connectivity index (χ0v) is 9.07. The Bertz CT molecular complexity index is 408. The van der Waals surface area contributed by atoms with Crippen LogP contribution in [0.4, 0.5) is 0 Å². The molecule has 0 saturated heterocycles. The predicted molar refractivity (Wildman–Crippen MR) is 54.0 cm³/mol. The molecule has 0 fully saturated rings. The first-order chi connectivity index (χ1) is 6.31. The van der Waals surface area contributed by atoms with Crippen LogP contribution >= 0.6 is 22.6 Å². The van der Waals surface area contributed by atoms with E-state index in [9.17, 15) is 0 Å². The molecule has 0 aliphatic rings. The minimum atomic E-state index is 0.499. The van der Waals surface area contributed by atoms with Gasteiger partial charge in [-0.2, -0.15) is 10.1 Å². The zero-order valence-electron chi connectivity index (χ0n) is 6.91. The van der Waals surface area contributed by atoms with Crippen LogP contribution in [0.3, 0.4) is 0 Å². The van der Waals surface area contributed by atoms with Gasteiger partial charge in [-0.05, 0) is 22.6 Å². The fourth-order valence-electron chi connectivity index (χ4n) is 0.921. The zero-order chi connectivity index (χ0) is 9.26. The summed E-state index contributed by atoms with van der Waals surface area (Å²) in [6, 6.07) is 0. The molecule has 0 spiro atoms. The van der Waals surface area contributed by atoms with Gasteiger partial charge in [-0.3, -0.25) is 5.10 Å². The maximum Gasteiger partial charge on any atom is 0.277 e. The summed E-state index contributed by atoms with van der Waals surface area (Å²) in [5.41, 5.74) is 0.785. The van der Waals surface area contributed by atoms with Gasteiger partial charge in [-0.1, -0.05) is 12.1 Å². The van der Waals surface area contributed by atoms with Gasteiger partial charge in [0.1, 0.15) is 5.69 Å². The van der Waals surface area contributed by atoms with Crippen molar-refractivity contribution in [2.24, 2.45) is 0 Å². The lowest BCUT2D eigenvalue weighted by Crippen LogP contribution is -1.83. The van der Waals surface area contributed by atoms with Crippen molar-refractivity contribution in [1.29, 1.82) is 0 Å². The summed E-state index contributed by atoms with van der Waals surface area (Å²) in [4.78, 5) is 4.18. The normalized spacial score (nSPS) is 10.6. The highest BCUT2D eigenvalue weighted by molar-refractivity contribution is 14.1. The third kappa shape index (κ3) is 1.58. The van der Waals surface area contributed by atoms with E-state index in [4.69, 9.17) is 4.52 Å². The lowest BCUT2D eigenvalue weighted by Gasteiger charge is -1.86. The number of aryl methyl sites for hydroxylation is 1. The minimum Gasteiger partial charge on any atom is -0.332 e. The van der Waals surface area contributed by atoms with Crippen molar-refractivity contribution < 1.29 is 4.52 Å². The number of nitrogens with one attached hydrogen (secondary N) is 1. The molecule has 5 nitrogen and oxygen atoms in total. The van der Waals surface area contributed by atoms with Crippen molar-refractivity contribution in [2.45, 2.75) is 13.3 Å². The molecule has 0 radical (unpaired) electrons. The SMILES string of the molecule is CCc1noc(-c2[nH]ncc2I)n1. The van der Waals surface area contributed by atoms with E-state index in [1.165, 1.54) is 0 Å². The summed E-state index contributed by atoms with van der Waals surface area (Å²) in [6.07, 6.45) is 2.49. The Hall–Kier alpha value is -0.920. The third-order valence-corrected chi connectivity index (χ3v) is 2.41. The highest BCUT2D eigenvalue weighted by Crippen LogP contribution is 2.20. The van der Waals surface area contributed by atoms with E-state index >= 15 is 0 Å². The number of aromatic amines is 1. The summed E-state index contributed by atoms with van der Waals surface area (Å²) in [7, 11) is 0. The van der Waals surface area contributed by atoms with E-state index < -0.39 is 0 Å². The first-order valence-electron chi connectivity index (χ1n) is 3.83. The molecule has 0 saturated carbocycles. The van der Waals surface area contributed by atoms with Gasteiger partial charge in [0.15, 0.2) is 5.82 Å². The topological polar surface area (TPSA) is 67.6 Å². The Morgan fingerprint density at radius 1 is 1.62 bits per heavy atom. The molecule has 0 aromatic carbocycles. The summed E-state index contributed by atoms with van der Waals surface area (Å²) in [5, 5.41) is 10.5. The standard InChI is InChI=1S/C7H7IN4O/c1-2-5-10-7(13-12-5)6-4(8)3-9-11-6/h3H,2H2,1H3,(H,9,11). The van der Waals surface area contributed by atoms with Crippen LogP contribution in [0, 0.1) is 3.57 Å². The summed E-state index contributed by atoms with van der Waals surface area (Å²) in [6.45, 7) is 1.98. The van der Waals surface area contributed by atoms with Gasteiger partial charge >= 0.3 is 0 Å². The van der Waals surface area contributed by atoms with Crippen LogP contribution < -0.4 is 0 Å². The lowest BCUT2D eigenvalue weighted by atomic mass is 10.4. The number of nitrogens with zero attached hydrogens (tertiary/aromatic N) is 3. The molecule has 0 aliphatic heterocycles. The minimum absolute atomic E-state index is 0.499. The second-order valence-corrected chi connectivity index (χ2v) is 3.62. The second-order valence-electron chi connectivity index (χ2n) is 2.46. The highest BCUT2D eigenvalue weighted by Gasteiger charge is 2.12. The Morgan fingerprint density at radius 2 is 2.46 bits per heavy atom. The van der Waals surface area contributed by atoms with Crippen molar-refractivity contribution in [1.82, 2.24) is 20.3 Å². The Kier molecular flexibility index (Phi) is 2.30. The molecule has 0 bridgehead atoms. The van der Waals surface area contributed by atoms with Gasteiger partial charge in [0.25, 0.3) is 5.89 Å². The molecule has 2 rings (SSSR count). The summed E-state index contributed by atoms with van der Waals surface area (Å²) in [5.74, 6) is 1.21. The lowest BCUT2D eigenvalue weighted by molar-refractivity contribution is 0.422. The number of H-pyrrole nitrogens is 1. The van der Waals surface area contributed by atoms with Crippen molar-refractivity contribution in [3.63, 3.8) is 0 Å². The van der Waals surface area contributed by atoms with Gasteiger partial charge < -0.3 is 4.52 Å². The van der Waals surface area contributed by atoms with E-state index in [0.717, 1.165) is 15.7 Å².